The minimum absolute atomic E-state index is 0.0299. The summed E-state index contributed by atoms with van der Waals surface area (Å²) in [6, 6.07) is 0. The fourth-order valence-corrected chi connectivity index (χ4v) is 0.549. The second-order valence-corrected chi connectivity index (χ2v) is 2.14. The maximum atomic E-state index is 10.7. The summed E-state index contributed by atoms with van der Waals surface area (Å²) in [5, 5.41) is 0. The second kappa shape index (κ2) is 6.59. The molecule has 14 heavy (non-hydrogen) atoms. The molecule has 5 nitrogen and oxygen atoms in total. The van der Waals surface area contributed by atoms with Crippen molar-refractivity contribution in [1.29, 1.82) is 0 Å². The van der Waals surface area contributed by atoms with Gasteiger partial charge < -0.3 is 9.47 Å². The van der Waals surface area contributed by atoms with E-state index < -0.39 is 11.9 Å². The summed E-state index contributed by atoms with van der Waals surface area (Å²) in [4.78, 5) is 31.7. The highest BCUT2D eigenvalue weighted by molar-refractivity contribution is 5.93. The third-order valence-corrected chi connectivity index (χ3v) is 1.23. The minimum Gasteiger partial charge on any atom is -0.466 e. The topological polar surface area (TPSA) is 69.7 Å². The van der Waals surface area contributed by atoms with Gasteiger partial charge in [-0.1, -0.05) is 0 Å². The molecule has 0 amide bonds. The molecule has 0 saturated carbocycles. The van der Waals surface area contributed by atoms with Gasteiger partial charge in [0, 0.05) is 17.7 Å². The van der Waals surface area contributed by atoms with Crippen LogP contribution in [0.1, 0.15) is 0 Å². The van der Waals surface area contributed by atoms with E-state index in [1.807, 2.05) is 0 Å². The highest BCUT2D eigenvalue weighted by Crippen LogP contribution is 1.94. The number of rotatable bonds is 4. The Labute approximate surface area is 81.0 Å². The number of aldehydes is 1. The van der Waals surface area contributed by atoms with Gasteiger partial charge in [-0.2, -0.15) is 0 Å². The fourth-order valence-electron chi connectivity index (χ4n) is 0.549. The molecule has 0 rings (SSSR count). The van der Waals surface area contributed by atoms with Gasteiger partial charge in [0.2, 0.25) is 0 Å². The van der Waals surface area contributed by atoms with Crippen molar-refractivity contribution in [1.82, 2.24) is 0 Å². The van der Waals surface area contributed by atoms with E-state index in [0.29, 0.717) is 6.29 Å². The van der Waals surface area contributed by atoms with Crippen LogP contribution < -0.4 is 0 Å². The first kappa shape index (κ1) is 12.1. The Morgan fingerprint density at radius 2 is 1.57 bits per heavy atom. The van der Waals surface area contributed by atoms with Crippen LogP contribution >= 0.6 is 0 Å². The van der Waals surface area contributed by atoms with E-state index in [4.69, 9.17) is 0 Å². The quantitative estimate of drug-likeness (QED) is 0.275. The monoisotopic (exact) mass is 198 g/mol. The molecule has 0 aromatic carbocycles. The lowest BCUT2D eigenvalue weighted by atomic mass is 10.2. The van der Waals surface area contributed by atoms with Gasteiger partial charge in [0.1, 0.15) is 6.29 Å². The molecule has 0 unspecified atom stereocenters. The minimum atomic E-state index is -0.665. The van der Waals surface area contributed by atoms with Crippen LogP contribution in [-0.4, -0.2) is 32.4 Å². The summed E-state index contributed by atoms with van der Waals surface area (Å²) in [6.45, 7) is 0. The molecule has 0 aliphatic heterocycles. The van der Waals surface area contributed by atoms with Crippen LogP contribution in [0.15, 0.2) is 23.8 Å². The smallest absolute Gasteiger partial charge is 0.331 e. The van der Waals surface area contributed by atoms with E-state index in [0.717, 1.165) is 18.2 Å². The summed E-state index contributed by atoms with van der Waals surface area (Å²) < 4.78 is 8.58. The number of methoxy groups -OCH3 is 2. The van der Waals surface area contributed by atoms with Crippen LogP contribution in [0.25, 0.3) is 0 Å². The maximum absolute atomic E-state index is 10.7. The number of allylic oxidation sites excluding steroid dienone is 2. The van der Waals surface area contributed by atoms with Crippen molar-refractivity contribution >= 4 is 18.2 Å². The number of ether oxygens (including phenoxy) is 2. The second-order valence-electron chi connectivity index (χ2n) is 2.14. The predicted molar refractivity (Wildman–Crippen MR) is 47.3 cm³/mol. The first-order chi connectivity index (χ1) is 6.63. The van der Waals surface area contributed by atoms with Crippen molar-refractivity contribution in [2.75, 3.05) is 14.2 Å². The zero-order valence-electron chi connectivity index (χ0n) is 7.85. The largest absolute Gasteiger partial charge is 0.466 e. The number of carbonyl (C=O) groups excluding carboxylic acids is 3. The molecule has 0 aromatic heterocycles. The summed E-state index contributed by atoms with van der Waals surface area (Å²) in [6.07, 6.45) is 3.59. The molecule has 0 bridgehead atoms. The SMILES string of the molecule is COC(=O)C=CC(C=O)=CC(=O)OC. The fraction of sp³-hybridized carbons (Fsp3) is 0.222. The molecule has 0 spiro atoms. The van der Waals surface area contributed by atoms with E-state index in [9.17, 15) is 14.4 Å². The van der Waals surface area contributed by atoms with Gasteiger partial charge in [-0.05, 0) is 6.08 Å². The molecule has 0 radical (unpaired) electrons. The molecule has 0 aliphatic rings. The lowest BCUT2D eigenvalue weighted by Gasteiger charge is -1.92. The van der Waals surface area contributed by atoms with Crippen LogP contribution in [0, 0.1) is 0 Å². The summed E-state index contributed by atoms with van der Waals surface area (Å²) in [7, 11) is 2.39. The number of carbonyl (C=O) groups is 3. The predicted octanol–water partition coefficient (Wildman–Crippen LogP) is 0.0139. The van der Waals surface area contributed by atoms with Crippen molar-refractivity contribution < 1.29 is 23.9 Å². The van der Waals surface area contributed by atoms with Crippen molar-refractivity contribution in [2.24, 2.45) is 0 Å². The lowest BCUT2D eigenvalue weighted by Crippen LogP contribution is -1.98. The zero-order valence-corrected chi connectivity index (χ0v) is 7.85. The van der Waals surface area contributed by atoms with Gasteiger partial charge in [-0.15, -0.1) is 0 Å². The molecule has 0 saturated heterocycles. The Morgan fingerprint density at radius 3 is 2.00 bits per heavy atom. The zero-order chi connectivity index (χ0) is 11.0. The molecule has 0 fully saturated rings. The Bertz CT molecular complexity index is 288. The van der Waals surface area contributed by atoms with Crippen molar-refractivity contribution in [3.05, 3.63) is 23.8 Å². The van der Waals surface area contributed by atoms with Gasteiger partial charge in [0.25, 0.3) is 0 Å². The Morgan fingerprint density at radius 1 is 1.00 bits per heavy atom. The normalized spacial score (nSPS) is 11.1. The molecular weight excluding hydrogens is 188 g/mol. The van der Waals surface area contributed by atoms with Crippen molar-refractivity contribution in [3.63, 3.8) is 0 Å². The van der Waals surface area contributed by atoms with Crippen LogP contribution in [0.3, 0.4) is 0 Å². The van der Waals surface area contributed by atoms with Crippen LogP contribution in [0.2, 0.25) is 0 Å². The number of hydrogen-bond acceptors (Lipinski definition) is 5. The van der Waals surface area contributed by atoms with Crippen molar-refractivity contribution in [3.8, 4) is 0 Å². The van der Waals surface area contributed by atoms with E-state index in [1.54, 1.807) is 0 Å². The Balaban J connectivity index is 4.51. The first-order valence-corrected chi connectivity index (χ1v) is 3.65. The van der Waals surface area contributed by atoms with Gasteiger partial charge in [0.15, 0.2) is 0 Å². The molecule has 0 heterocycles. The third-order valence-electron chi connectivity index (χ3n) is 1.23. The van der Waals surface area contributed by atoms with Gasteiger partial charge in [-0.3, -0.25) is 4.79 Å². The maximum Gasteiger partial charge on any atom is 0.331 e. The van der Waals surface area contributed by atoms with E-state index in [2.05, 4.69) is 9.47 Å². The standard InChI is InChI=1S/C9H10O5/c1-13-8(11)4-3-7(6-10)5-9(12)14-2/h3-6H,1-2H3. The van der Waals surface area contributed by atoms with Crippen molar-refractivity contribution in [2.45, 2.75) is 0 Å². The molecular formula is C9H10O5. The molecule has 0 aliphatic carbocycles. The van der Waals surface area contributed by atoms with Crippen LogP contribution in [-0.2, 0) is 23.9 Å². The highest BCUT2D eigenvalue weighted by atomic mass is 16.5. The lowest BCUT2D eigenvalue weighted by molar-refractivity contribution is -0.135. The highest BCUT2D eigenvalue weighted by Gasteiger charge is 1.98. The molecule has 5 heteroatoms. The average Bonchev–Trinajstić information content (AvgIpc) is 2.22. The summed E-state index contributed by atoms with van der Waals surface area (Å²) in [5.41, 5.74) is 0.0299. The molecule has 0 atom stereocenters. The summed E-state index contributed by atoms with van der Waals surface area (Å²) >= 11 is 0. The van der Waals surface area contributed by atoms with Crippen LogP contribution in [0.5, 0.6) is 0 Å². The van der Waals surface area contributed by atoms with E-state index >= 15 is 0 Å². The van der Waals surface area contributed by atoms with Gasteiger partial charge in [0.05, 0.1) is 14.2 Å². The Hall–Kier alpha value is -1.91. The van der Waals surface area contributed by atoms with Gasteiger partial charge >= 0.3 is 11.9 Å². The number of hydrogen-bond donors (Lipinski definition) is 0. The first-order valence-electron chi connectivity index (χ1n) is 3.65. The molecule has 0 aromatic rings. The Kier molecular flexibility index (Phi) is 5.69. The summed E-state index contributed by atoms with van der Waals surface area (Å²) in [5.74, 6) is -1.27. The van der Waals surface area contributed by atoms with E-state index in [-0.39, 0.29) is 5.57 Å². The average molecular weight is 198 g/mol. The number of esters is 2. The third kappa shape index (κ3) is 4.87. The van der Waals surface area contributed by atoms with Gasteiger partial charge in [-0.25, -0.2) is 9.59 Å². The molecule has 76 valence electrons. The molecule has 0 N–H and O–H groups in total. The van der Waals surface area contributed by atoms with Crippen LogP contribution in [0.4, 0.5) is 0 Å². The van der Waals surface area contributed by atoms with E-state index in [1.165, 1.54) is 14.2 Å².